The van der Waals surface area contributed by atoms with E-state index in [1.807, 2.05) is 61.5 Å². The lowest BCUT2D eigenvalue weighted by atomic mass is 10.1. The van der Waals surface area contributed by atoms with E-state index < -0.39 is 0 Å². The van der Waals surface area contributed by atoms with Crippen molar-refractivity contribution >= 4 is 12.4 Å². The lowest BCUT2D eigenvalue weighted by Crippen LogP contribution is -2.13. The maximum Gasteiger partial charge on any atom is 0.211 e. The van der Waals surface area contributed by atoms with Gasteiger partial charge in [-0.15, -0.1) is 12.4 Å². The zero-order valence-corrected chi connectivity index (χ0v) is 14.3. The molecule has 126 valence electrons. The number of aryl methyl sites for hydroxylation is 1. The van der Waals surface area contributed by atoms with E-state index in [0.29, 0.717) is 18.9 Å². The van der Waals surface area contributed by atoms with Crippen LogP contribution in [-0.2, 0) is 13.0 Å². The Labute approximate surface area is 148 Å². The van der Waals surface area contributed by atoms with E-state index in [-0.39, 0.29) is 18.4 Å². The van der Waals surface area contributed by atoms with E-state index in [0.717, 1.165) is 22.6 Å². The van der Waals surface area contributed by atoms with E-state index >= 15 is 0 Å². The lowest BCUT2D eigenvalue weighted by molar-refractivity contribution is 0.306. The summed E-state index contributed by atoms with van der Waals surface area (Å²) in [5.41, 5.74) is 8.40. The third-order valence-electron chi connectivity index (χ3n) is 3.58. The van der Waals surface area contributed by atoms with Crippen molar-refractivity contribution in [3.05, 3.63) is 83.6 Å². The number of nitrogens with two attached hydrogens (primary N) is 1. The van der Waals surface area contributed by atoms with Crippen molar-refractivity contribution in [2.45, 2.75) is 26.0 Å². The summed E-state index contributed by atoms with van der Waals surface area (Å²) in [4.78, 5) is 4.18. The van der Waals surface area contributed by atoms with Crippen molar-refractivity contribution in [3.8, 4) is 5.75 Å². The van der Waals surface area contributed by atoms with Gasteiger partial charge >= 0.3 is 0 Å². The minimum Gasteiger partial charge on any atom is -0.489 e. The Hall–Kier alpha value is -2.30. The summed E-state index contributed by atoms with van der Waals surface area (Å²) in [5.74, 6) is 2.20. The number of halogens is 1. The van der Waals surface area contributed by atoms with Gasteiger partial charge in [0.2, 0.25) is 5.89 Å². The first-order valence-corrected chi connectivity index (χ1v) is 7.64. The molecule has 0 bridgehead atoms. The number of benzene rings is 2. The van der Waals surface area contributed by atoms with Gasteiger partial charge in [-0.05, 0) is 36.6 Å². The van der Waals surface area contributed by atoms with Crippen molar-refractivity contribution < 1.29 is 9.15 Å². The number of aromatic nitrogens is 1. The van der Waals surface area contributed by atoms with Crippen LogP contribution in [0.2, 0.25) is 0 Å². The second-order valence-electron chi connectivity index (χ2n) is 5.54. The zero-order chi connectivity index (χ0) is 16.1. The van der Waals surface area contributed by atoms with Gasteiger partial charge in [-0.2, -0.15) is 0 Å². The SMILES string of the molecule is Cc1cnc([C@@H](N)Cc2ccc(OCc3ccccc3)cc2)o1.Cl. The van der Waals surface area contributed by atoms with Gasteiger partial charge in [-0.25, -0.2) is 4.98 Å². The van der Waals surface area contributed by atoms with Crippen LogP contribution in [0.1, 0.15) is 28.8 Å². The molecule has 0 aliphatic heterocycles. The maximum absolute atomic E-state index is 6.13. The van der Waals surface area contributed by atoms with Crippen LogP contribution in [0, 0.1) is 6.92 Å². The average Bonchev–Trinajstić information content (AvgIpc) is 3.02. The number of hydrogen-bond donors (Lipinski definition) is 1. The van der Waals surface area contributed by atoms with Crippen LogP contribution >= 0.6 is 12.4 Å². The Morgan fingerprint density at radius 1 is 1.04 bits per heavy atom. The molecular weight excluding hydrogens is 324 g/mol. The molecule has 2 N–H and O–H groups in total. The minimum absolute atomic E-state index is 0. The van der Waals surface area contributed by atoms with Crippen LogP contribution < -0.4 is 10.5 Å². The molecule has 24 heavy (non-hydrogen) atoms. The highest BCUT2D eigenvalue weighted by atomic mass is 35.5. The Morgan fingerprint density at radius 3 is 2.38 bits per heavy atom. The third kappa shape index (κ3) is 4.85. The first-order valence-electron chi connectivity index (χ1n) is 7.64. The predicted molar refractivity (Wildman–Crippen MR) is 96.3 cm³/mol. The number of rotatable bonds is 6. The number of nitrogens with zero attached hydrogens (tertiary/aromatic N) is 1. The second-order valence-corrected chi connectivity index (χ2v) is 5.54. The Bertz CT molecular complexity index is 742. The smallest absolute Gasteiger partial charge is 0.211 e. The summed E-state index contributed by atoms with van der Waals surface area (Å²) in [5, 5.41) is 0. The fourth-order valence-electron chi connectivity index (χ4n) is 2.35. The van der Waals surface area contributed by atoms with Crippen LogP contribution in [0.3, 0.4) is 0 Å². The minimum atomic E-state index is -0.236. The largest absolute Gasteiger partial charge is 0.489 e. The summed E-state index contributed by atoms with van der Waals surface area (Å²) in [6.45, 7) is 2.43. The zero-order valence-electron chi connectivity index (χ0n) is 13.5. The van der Waals surface area contributed by atoms with Crippen LogP contribution in [0.5, 0.6) is 5.75 Å². The molecule has 3 aromatic rings. The van der Waals surface area contributed by atoms with Crippen LogP contribution in [0.25, 0.3) is 0 Å². The van der Waals surface area contributed by atoms with Gasteiger partial charge < -0.3 is 14.9 Å². The van der Waals surface area contributed by atoms with Gasteiger partial charge in [0.25, 0.3) is 0 Å². The summed E-state index contributed by atoms with van der Waals surface area (Å²) < 4.78 is 11.2. The molecule has 5 heteroatoms. The van der Waals surface area contributed by atoms with E-state index in [1.54, 1.807) is 6.20 Å². The van der Waals surface area contributed by atoms with Crippen molar-refractivity contribution in [2.24, 2.45) is 5.73 Å². The third-order valence-corrected chi connectivity index (χ3v) is 3.58. The lowest BCUT2D eigenvalue weighted by Gasteiger charge is -2.10. The highest BCUT2D eigenvalue weighted by Gasteiger charge is 2.12. The quantitative estimate of drug-likeness (QED) is 0.727. The molecule has 0 aliphatic rings. The summed E-state index contributed by atoms with van der Waals surface area (Å²) in [7, 11) is 0. The maximum atomic E-state index is 6.13. The van der Waals surface area contributed by atoms with Gasteiger partial charge in [-0.3, -0.25) is 0 Å². The van der Waals surface area contributed by atoms with Gasteiger partial charge in [0.1, 0.15) is 18.1 Å². The van der Waals surface area contributed by atoms with E-state index in [2.05, 4.69) is 4.98 Å². The average molecular weight is 345 g/mol. The Morgan fingerprint density at radius 2 is 1.75 bits per heavy atom. The van der Waals surface area contributed by atoms with Gasteiger partial charge in [-0.1, -0.05) is 42.5 Å². The topological polar surface area (TPSA) is 61.3 Å². The number of hydrogen-bond acceptors (Lipinski definition) is 4. The summed E-state index contributed by atoms with van der Waals surface area (Å²) in [6.07, 6.45) is 2.37. The Kier molecular flexibility index (Phi) is 6.41. The molecule has 0 radical (unpaired) electrons. The van der Waals surface area contributed by atoms with Crippen molar-refractivity contribution in [1.82, 2.24) is 4.98 Å². The molecule has 2 aromatic carbocycles. The van der Waals surface area contributed by atoms with Crippen molar-refractivity contribution in [2.75, 3.05) is 0 Å². The Balaban J connectivity index is 0.00000208. The summed E-state index contributed by atoms with van der Waals surface area (Å²) in [6, 6.07) is 17.8. The highest BCUT2D eigenvalue weighted by Crippen LogP contribution is 2.19. The van der Waals surface area contributed by atoms with E-state index in [1.165, 1.54) is 0 Å². The fourth-order valence-corrected chi connectivity index (χ4v) is 2.35. The standard InChI is InChI=1S/C19H20N2O2.ClH/c1-14-12-21-19(23-14)18(20)11-15-7-9-17(10-8-15)22-13-16-5-3-2-4-6-16;/h2-10,12,18H,11,13,20H2,1H3;1H/t18-;/m0./s1. The van der Waals surface area contributed by atoms with Gasteiger partial charge in [0.05, 0.1) is 12.2 Å². The van der Waals surface area contributed by atoms with Crippen LogP contribution in [-0.4, -0.2) is 4.98 Å². The van der Waals surface area contributed by atoms with Gasteiger partial charge in [0.15, 0.2) is 0 Å². The van der Waals surface area contributed by atoms with Crippen LogP contribution in [0.15, 0.2) is 65.2 Å². The molecule has 0 unspecified atom stereocenters. The molecule has 0 saturated carbocycles. The molecule has 4 nitrogen and oxygen atoms in total. The van der Waals surface area contributed by atoms with E-state index in [4.69, 9.17) is 14.9 Å². The highest BCUT2D eigenvalue weighted by molar-refractivity contribution is 5.85. The molecule has 0 saturated heterocycles. The fraction of sp³-hybridized carbons (Fsp3) is 0.211. The van der Waals surface area contributed by atoms with Crippen molar-refractivity contribution in [1.29, 1.82) is 0 Å². The van der Waals surface area contributed by atoms with Gasteiger partial charge in [0, 0.05) is 0 Å². The van der Waals surface area contributed by atoms with Crippen LogP contribution in [0.4, 0.5) is 0 Å². The molecule has 3 rings (SSSR count). The number of ether oxygens (including phenoxy) is 1. The molecule has 0 aliphatic carbocycles. The van der Waals surface area contributed by atoms with E-state index in [9.17, 15) is 0 Å². The molecule has 0 spiro atoms. The molecular formula is C19H21ClN2O2. The molecule has 0 amide bonds. The normalized spacial score (nSPS) is 11.6. The summed E-state index contributed by atoms with van der Waals surface area (Å²) >= 11 is 0. The van der Waals surface area contributed by atoms with Crippen molar-refractivity contribution in [3.63, 3.8) is 0 Å². The first kappa shape index (κ1) is 18.0. The molecule has 0 fully saturated rings. The number of oxazole rings is 1. The second kappa shape index (κ2) is 8.52. The molecule has 1 aromatic heterocycles. The molecule has 1 heterocycles. The monoisotopic (exact) mass is 344 g/mol. The first-order chi connectivity index (χ1) is 11.2. The predicted octanol–water partition coefficient (Wildman–Crippen LogP) is 4.23. The molecule has 1 atom stereocenters.